The van der Waals surface area contributed by atoms with Crippen molar-refractivity contribution in [2.75, 3.05) is 65.8 Å². The number of morpholine rings is 2. The number of ether oxygens (including phenoxy) is 3. The first-order valence-electron chi connectivity index (χ1n) is 10.1. The summed E-state index contributed by atoms with van der Waals surface area (Å²) in [6, 6.07) is 11.9. The number of carbonyl (C=O) groups is 1. The van der Waals surface area contributed by atoms with E-state index in [2.05, 4.69) is 4.90 Å². The van der Waals surface area contributed by atoms with Crippen molar-refractivity contribution in [2.24, 2.45) is 0 Å². The first-order valence-corrected chi connectivity index (χ1v) is 10.1. The Morgan fingerprint density at radius 2 is 1.57 bits per heavy atom. The SMILES string of the molecule is O=C(c1ccc2cc(OCCCN3CCOCC3)ccc2c1)N1CCOCC1. The van der Waals surface area contributed by atoms with Crippen LogP contribution in [0.15, 0.2) is 36.4 Å². The first-order chi connectivity index (χ1) is 13.8. The van der Waals surface area contributed by atoms with Crippen molar-refractivity contribution in [1.82, 2.24) is 9.80 Å². The molecule has 2 heterocycles. The van der Waals surface area contributed by atoms with Crippen LogP contribution in [0.3, 0.4) is 0 Å². The van der Waals surface area contributed by atoms with Crippen molar-refractivity contribution in [1.29, 1.82) is 0 Å². The van der Waals surface area contributed by atoms with Crippen molar-refractivity contribution in [3.63, 3.8) is 0 Å². The lowest BCUT2D eigenvalue weighted by molar-refractivity contribution is 0.0303. The molecule has 2 aromatic carbocycles. The van der Waals surface area contributed by atoms with E-state index < -0.39 is 0 Å². The van der Waals surface area contributed by atoms with Crippen LogP contribution in [0, 0.1) is 0 Å². The van der Waals surface area contributed by atoms with E-state index in [0.717, 1.165) is 61.4 Å². The van der Waals surface area contributed by atoms with Crippen molar-refractivity contribution >= 4 is 16.7 Å². The Labute approximate surface area is 166 Å². The third-order valence-corrected chi connectivity index (χ3v) is 5.35. The summed E-state index contributed by atoms with van der Waals surface area (Å²) in [7, 11) is 0. The van der Waals surface area contributed by atoms with Gasteiger partial charge in [0.05, 0.1) is 33.0 Å². The maximum absolute atomic E-state index is 12.6. The zero-order chi connectivity index (χ0) is 19.2. The Kier molecular flexibility index (Phi) is 6.41. The summed E-state index contributed by atoms with van der Waals surface area (Å²) < 4.78 is 16.6. The minimum Gasteiger partial charge on any atom is -0.494 e. The van der Waals surface area contributed by atoms with Crippen LogP contribution in [0.5, 0.6) is 5.75 Å². The molecule has 0 spiro atoms. The smallest absolute Gasteiger partial charge is 0.254 e. The van der Waals surface area contributed by atoms with Crippen molar-refractivity contribution in [3.8, 4) is 5.75 Å². The monoisotopic (exact) mass is 384 g/mol. The Balaban J connectivity index is 1.33. The molecule has 6 nitrogen and oxygen atoms in total. The highest BCUT2D eigenvalue weighted by Gasteiger charge is 2.18. The summed E-state index contributed by atoms with van der Waals surface area (Å²) in [5.74, 6) is 0.954. The number of nitrogens with zero attached hydrogens (tertiary/aromatic N) is 2. The van der Waals surface area contributed by atoms with Gasteiger partial charge in [-0.15, -0.1) is 0 Å². The third-order valence-electron chi connectivity index (χ3n) is 5.35. The molecule has 0 aliphatic carbocycles. The van der Waals surface area contributed by atoms with E-state index in [1.165, 1.54) is 0 Å². The fourth-order valence-corrected chi connectivity index (χ4v) is 3.70. The molecule has 6 heteroatoms. The molecule has 0 N–H and O–H groups in total. The van der Waals surface area contributed by atoms with Gasteiger partial charge < -0.3 is 19.1 Å². The van der Waals surface area contributed by atoms with Gasteiger partial charge in [-0.1, -0.05) is 12.1 Å². The molecule has 0 unspecified atom stereocenters. The van der Waals surface area contributed by atoms with E-state index in [1.54, 1.807) is 0 Å². The average molecular weight is 384 g/mol. The van der Waals surface area contributed by atoms with Gasteiger partial charge in [0.25, 0.3) is 5.91 Å². The molecular formula is C22H28N2O4. The summed E-state index contributed by atoms with van der Waals surface area (Å²) in [6.07, 6.45) is 1.00. The topological polar surface area (TPSA) is 51.2 Å². The van der Waals surface area contributed by atoms with E-state index in [4.69, 9.17) is 14.2 Å². The van der Waals surface area contributed by atoms with Gasteiger partial charge in [-0.05, 0) is 41.5 Å². The van der Waals surface area contributed by atoms with E-state index >= 15 is 0 Å². The van der Waals surface area contributed by atoms with Crippen LogP contribution in [-0.2, 0) is 9.47 Å². The maximum atomic E-state index is 12.6. The Bertz CT molecular complexity index is 798. The predicted molar refractivity (Wildman–Crippen MR) is 108 cm³/mol. The minimum absolute atomic E-state index is 0.0774. The second-order valence-corrected chi connectivity index (χ2v) is 7.28. The predicted octanol–water partition coefficient (Wildman–Crippen LogP) is 2.41. The summed E-state index contributed by atoms with van der Waals surface area (Å²) >= 11 is 0. The molecule has 0 bridgehead atoms. The largest absolute Gasteiger partial charge is 0.494 e. The molecule has 2 aliphatic heterocycles. The normalized spacial score (nSPS) is 18.4. The molecule has 2 aromatic rings. The van der Waals surface area contributed by atoms with Gasteiger partial charge in [0.15, 0.2) is 0 Å². The zero-order valence-corrected chi connectivity index (χ0v) is 16.3. The van der Waals surface area contributed by atoms with Crippen LogP contribution in [0.4, 0.5) is 0 Å². The second-order valence-electron chi connectivity index (χ2n) is 7.28. The Hall–Kier alpha value is -2.15. The van der Waals surface area contributed by atoms with Crippen LogP contribution in [0.2, 0.25) is 0 Å². The molecule has 28 heavy (non-hydrogen) atoms. The van der Waals surface area contributed by atoms with Gasteiger partial charge in [0.1, 0.15) is 5.75 Å². The number of amides is 1. The van der Waals surface area contributed by atoms with Crippen LogP contribution in [-0.4, -0.2) is 81.5 Å². The highest BCUT2D eigenvalue weighted by Crippen LogP contribution is 2.23. The number of carbonyl (C=O) groups excluding carboxylic acids is 1. The summed E-state index contributed by atoms with van der Waals surface area (Å²) in [5.41, 5.74) is 0.730. The molecule has 2 saturated heterocycles. The maximum Gasteiger partial charge on any atom is 0.254 e. The number of hydrogen-bond donors (Lipinski definition) is 0. The lowest BCUT2D eigenvalue weighted by atomic mass is 10.1. The summed E-state index contributed by atoms with van der Waals surface area (Å²) in [5, 5.41) is 2.14. The van der Waals surface area contributed by atoms with Crippen molar-refractivity contribution in [3.05, 3.63) is 42.0 Å². The van der Waals surface area contributed by atoms with Crippen LogP contribution in [0.25, 0.3) is 10.8 Å². The first kappa shape index (κ1) is 19.2. The highest BCUT2D eigenvalue weighted by molar-refractivity contribution is 5.98. The molecule has 4 rings (SSSR count). The van der Waals surface area contributed by atoms with E-state index in [9.17, 15) is 4.79 Å². The van der Waals surface area contributed by atoms with Crippen LogP contribution in [0.1, 0.15) is 16.8 Å². The number of fused-ring (bicyclic) bond motifs is 1. The van der Waals surface area contributed by atoms with E-state index in [0.29, 0.717) is 32.9 Å². The number of benzene rings is 2. The number of hydrogen-bond acceptors (Lipinski definition) is 5. The molecule has 0 aromatic heterocycles. The fourth-order valence-electron chi connectivity index (χ4n) is 3.70. The second kappa shape index (κ2) is 9.37. The van der Waals surface area contributed by atoms with Crippen LogP contribution < -0.4 is 4.74 Å². The van der Waals surface area contributed by atoms with Crippen molar-refractivity contribution < 1.29 is 19.0 Å². The lowest BCUT2D eigenvalue weighted by Crippen LogP contribution is -2.40. The highest BCUT2D eigenvalue weighted by atomic mass is 16.5. The Morgan fingerprint density at radius 1 is 0.893 bits per heavy atom. The lowest BCUT2D eigenvalue weighted by Gasteiger charge is -2.27. The van der Waals surface area contributed by atoms with Crippen molar-refractivity contribution in [2.45, 2.75) is 6.42 Å². The Morgan fingerprint density at radius 3 is 2.36 bits per heavy atom. The quantitative estimate of drug-likeness (QED) is 0.716. The molecule has 2 aliphatic rings. The molecule has 0 radical (unpaired) electrons. The van der Waals surface area contributed by atoms with Gasteiger partial charge in [-0.3, -0.25) is 9.69 Å². The number of rotatable bonds is 6. The third kappa shape index (κ3) is 4.82. The standard InChI is InChI=1S/C22H28N2O4/c25-22(24-9-14-27-15-10-24)20-3-2-19-17-21(5-4-18(19)16-20)28-11-1-6-23-7-12-26-13-8-23/h2-5,16-17H,1,6-15H2. The van der Waals surface area contributed by atoms with Gasteiger partial charge in [-0.25, -0.2) is 0 Å². The molecule has 1 amide bonds. The van der Waals surface area contributed by atoms with Crippen LogP contribution >= 0.6 is 0 Å². The fraction of sp³-hybridized carbons (Fsp3) is 0.500. The van der Waals surface area contributed by atoms with Gasteiger partial charge in [0.2, 0.25) is 0 Å². The molecular weight excluding hydrogens is 356 g/mol. The van der Waals surface area contributed by atoms with E-state index in [-0.39, 0.29) is 5.91 Å². The average Bonchev–Trinajstić information content (AvgIpc) is 2.77. The van der Waals surface area contributed by atoms with Gasteiger partial charge >= 0.3 is 0 Å². The van der Waals surface area contributed by atoms with Gasteiger partial charge in [-0.2, -0.15) is 0 Å². The minimum atomic E-state index is 0.0774. The summed E-state index contributed by atoms with van der Waals surface area (Å²) in [6.45, 7) is 8.01. The molecule has 150 valence electrons. The van der Waals surface area contributed by atoms with E-state index in [1.807, 2.05) is 41.3 Å². The summed E-state index contributed by atoms with van der Waals surface area (Å²) in [4.78, 5) is 16.9. The molecule has 2 fully saturated rings. The molecule has 0 saturated carbocycles. The zero-order valence-electron chi connectivity index (χ0n) is 16.3. The molecule has 0 atom stereocenters. The van der Waals surface area contributed by atoms with Gasteiger partial charge in [0, 0.05) is 38.3 Å².